The van der Waals surface area contributed by atoms with Crippen molar-refractivity contribution >= 4 is 5.65 Å². The first kappa shape index (κ1) is 18.7. The zero-order chi connectivity index (χ0) is 20.4. The van der Waals surface area contributed by atoms with Gasteiger partial charge in [-0.2, -0.15) is 22.7 Å². The lowest BCUT2D eigenvalue weighted by molar-refractivity contribution is -0.0692. The van der Waals surface area contributed by atoms with E-state index in [0.717, 1.165) is 11.6 Å². The Balaban J connectivity index is 1.80. The van der Waals surface area contributed by atoms with Gasteiger partial charge in [0.15, 0.2) is 17.1 Å². The van der Waals surface area contributed by atoms with Crippen LogP contribution in [0.2, 0.25) is 0 Å². The Kier molecular flexibility index (Phi) is 4.98. The van der Waals surface area contributed by atoms with Crippen LogP contribution in [0.4, 0.5) is 17.6 Å². The second-order valence-electron chi connectivity index (χ2n) is 5.79. The molecule has 148 valence electrons. The van der Waals surface area contributed by atoms with Gasteiger partial charge in [-0.15, -0.1) is 0 Å². The molecule has 1 aromatic carbocycles. The molecule has 6 nitrogen and oxygen atoms in total. The van der Waals surface area contributed by atoms with Crippen LogP contribution in [0, 0.1) is 0 Å². The van der Waals surface area contributed by atoms with E-state index < -0.39 is 24.7 Å². The average Bonchev–Trinajstić information content (AvgIpc) is 3.14. The molecule has 0 N–H and O–H groups in total. The van der Waals surface area contributed by atoms with Gasteiger partial charge < -0.3 is 9.47 Å². The van der Waals surface area contributed by atoms with Gasteiger partial charge in [0.2, 0.25) is 0 Å². The normalized spacial score (nSPS) is 11.4. The van der Waals surface area contributed by atoms with Gasteiger partial charge in [0.1, 0.15) is 0 Å². The molecule has 0 saturated carbocycles. The van der Waals surface area contributed by atoms with Crippen LogP contribution in [-0.4, -0.2) is 32.8 Å². The lowest BCUT2D eigenvalue weighted by Crippen LogP contribution is -2.08. The Morgan fingerprint density at radius 3 is 2.34 bits per heavy atom. The van der Waals surface area contributed by atoms with Crippen molar-refractivity contribution < 1.29 is 27.0 Å². The fourth-order valence-electron chi connectivity index (χ4n) is 2.82. The largest absolute Gasteiger partial charge is 0.431 e. The molecule has 0 saturated heterocycles. The Bertz CT molecular complexity index is 1140. The maximum atomic E-state index is 12.7. The monoisotopic (exact) mass is 404 g/mol. The van der Waals surface area contributed by atoms with Gasteiger partial charge in [0.05, 0.1) is 11.4 Å². The number of hydrogen-bond donors (Lipinski definition) is 0. The predicted molar refractivity (Wildman–Crippen MR) is 94.9 cm³/mol. The Morgan fingerprint density at radius 1 is 0.828 bits per heavy atom. The molecule has 29 heavy (non-hydrogen) atoms. The van der Waals surface area contributed by atoms with Gasteiger partial charge in [-0.1, -0.05) is 0 Å². The van der Waals surface area contributed by atoms with Crippen molar-refractivity contribution in [2.45, 2.75) is 13.2 Å². The second kappa shape index (κ2) is 7.74. The minimum Gasteiger partial charge on any atom is -0.431 e. The van der Waals surface area contributed by atoms with E-state index in [-0.39, 0.29) is 0 Å². The summed E-state index contributed by atoms with van der Waals surface area (Å²) < 4.78 is 60.6. The number of ether oxygens (including phenoxy) is 2. The predicted octanol–water partition coefficient (Wildman–Crippen LogP) is 4.66. The Hall–Kier alpha value is -3.69. The van der Waals surface area contributed by atoms with Crippen LogP contribution < -0.4 is 9.47 Å². The van der Waals surface area contributed by atoms with Gasteiger partial charge in [0, 0.05) is 35.8 Å². The van der Waals surface area contributed by atoms with E-state index in [2.05, 4.69) is 24.5 Å². The maximum Gasteiger partial charge on any atom is 0.387 e. The zero-order valence-corrected chi connectivity index (χ0v) is 14.5. The van der Waals surface area contributed by atoms with Crippen molar-refractivity contribution in [1.82, 2.24) is 19.6 Å². The molecule has 0 unspecified atom stereocenters. The van der Waals surface area contributed by atoms with Crippen molar-refractivity contribution in [2.24, 2.45) is 0 Å². The van der Waals surface area contributed by atoms with Gasteiger partial charge in [-0.25, -0.2) is 9.50 Å². The van der Waals surface area contributed by atoms with Crippen LogP contribution in [0.15, 0.2) is 61.1 Å². The van der Waals surface area contributed by atoms with Crippen molar-refractivity contribution in [1.29, 1.82) is 0 Å². The number of rotatable bonds is 6. The average molecular weight is 404 g/mol. The molecule has 0 aliphatic rings. The SMILES string of the molecule is FC(F)Oc1ccc(-c2ccnc3cc(-c4cccnc4)nn23)cc1OC(F)F. The molecular weight excluding hydrogens is 392 g/mol. The molecule has 3 heterocycles. The molecule has 0 aliphatic heterocycles. The second-order valence-corrected chi connectivity index (χ2v) is 5.79. The number of fused-ring (bicyclic) bond motifs is 1. The first-order chi connectivity index (χ1) is 14.0. The number of pyridine rings is 1. The molecule has 0 atom stereocenters. The van der Waals surface area contributed by atoms with E-state index >= 15 is 0 Å². The first-order valence-corrected chi connectivity index (χ1v) is 8.30. The molecule has 3 aromatic heterocycles. The summed E-state index contributed by atoms with van der Waals surface area (Å²) in [5, 5.41) is 4.49. The molecule has 0 spiro atoms. The van der Waals surface area contributed by atoms with Crippen molar-refractivity contribution in [2.75, 3.05) is 0 Å². The quantitative estimate of drug-likeness (QED) is 0.438. The van der Waals surface area contributed by atoms with E-state index in [9.17, 15) is 17.6 Å². The highest BCUT2D eigenvalue weighted by molar-refractivity contribution is 5.69. The third-order valence-corrected chi connectivity index (χ3v) is 3.99. The number of aromatic nitrogens is 4. The Labute approximate surface area is 161 Å². The van der Waals surface area contributed by atoms with Gasteiger partial charge in [0.25, 0.3) is 0 Å². The van der Waals surface area contributed by atoms with Crippen LogP contribution in [0.5, 0.6) is 11.5 Å². The summed E-state index contributed by atoms with van der Waals surface area (Å²) in [6.07, 6.45) is 4.81. The van der Waals surface area contributed by atoms with Crippen LogP contribution in [0.1, 0.15) is 0 Å². The van der Waals surface area contributed by atoms with E-state index in [1.165, 1.54) is 22.8 Å². The molecular formula is C19H12F4N4O2. The van der Waals surface area contributed by atoms with Gasteiger partial charge >= 0.3 is 13.2 Å². The summed E-state index contributed by atoms with van der Waals surface area (Å²) in [5.74, 6) is -1.01. The number of nitrogens with zero attached hydrogens (tertiary/aromatic N) is 4. The van der Waals surface area contributed by atoms with E-state index in [0.29, 0.717) is 22.6 Å². The number of halogens is 4. The summed E-state index contributed by atoms with van der Waals surface area (Å²) in [6, 6.07) is 10.7. The molecule has 4 rings (SSSR count). The number of alkyl halides is 4. The molecule has 0 amide bonds. The number of hydrogen-bond acceptors (Lipinski definition) is 5. The molecule has 0 fully saturated rings. The minimum atomic E-state index is -3.20. The summed E-state index contributed by atoms with van der Waals surface area (Å²) >= 11 is 0. The fraction of sp³-hybridized carbons (Fsp3) is 0.105. The van der Waals surface area contributed by atoms with Crippen LogP contribution in [-0.2, 0) is 0 Å². The highest BCUT2D eigenvalue weighted by atomic mass is 19.3. The highest BCUT2D eigenvalue weighted by Crippen LogP contribution is 2.35. The maximum absolute atomic E-state index is 12.7. The Morgan fingerprint density at radius 2 is 1.62 bits per heavy atom. The smallest absolute Gasteiger partial charge is 0.387 e. The van der Waals surface area contributed by atoms with Crippen LogP contribution >= 0.6 is 0 Å². The van der Waals surface area contributed by atoms with Crippen molar-refractivity contribution in [3.8, 4) is 34.0 Å². The number of benzene rings is 1. The fourth-order valence-corrected chi connectivity index (χ4v) is 2.82. The van der Waals surface area contributed by atoms with E-state index in [1.54, 1.807) is 30.6 Å². The van der Waals surface area contributed by atoms with E-state index in [1.807, 2.05) is 6.07 Å². The highest BCUT2D eigenvalue weighted by Gasteiger charge is 2.17. The molecule has 0 bridgehead atoms. The van der Waals surface area contributed by atoms with Crippen molar-refractivity contribution in [3.63, 3.8) is 0 Å². The zero-order valence-electron chi connectivity index (χ0n) is 14.5. The third kappa shape index (κ3) is 3.96. The van der Waals surface area contributed by atoms with Crippen molar-refractivity contribution in [3.05, 3.63) is 61.1 Å². The molecule has 0 radical (unpaired) electrons. The summed E-state index contributed by atoms with van der Waals surface area (Å²) in [5.41, 5.74) is 2.78. The van der Waals surface area contributed by atoms with Crippen LogP contribution in [0.25, 0.3) is 28.2 Å². The molecule has 10 heteroatoms. The standard InChI is InChI=1S/C19H12F4N4O2/c20-18(21)28-15-4-3-11(8-16(15)29-19(22)23)14-5-7-25-17-9-13(26-27(14)17)12-2-1-6-24-10-12/h1-10,18-19H. The topological polar surface area (TPSA) is 61.5 Å². The lowest BCUT2D eigenvalue weighted by Gasteiger charge is -2.13. The third-order valence-electron chi connectivity index (χ3n) is 3.99. The minimum absolute atomic E-state index is 0.399. The summed E-state index contributed by atoms with van der Waals surface area (Å²) in [7, 11) is 0. The van der Waals surface area contributed by atoms with Gasteiger partial charge in [-0.3, -0.25) is 4.98 Å². The van der Waals surface area contributed by atoms with E-state index in [4.69, 9.17) is 0 Å². The molecule has 0 aliphatic carbocycles. The summed E-state index contributed by atoms with van der Waals surface area (Å²) in [6.45, 7) is -6.38. The molecule has 4 aromatic rings. The first-order valence-electron chi connectivity index (χ1n) is 8.30. The summed E-state index contributed by atoms with van der Waals surface area (Å²) in [4.78, 5) is 8.30. The van der Waals surface area contributed by atoms with Crippen LogP contribution in [0.3, 0.4) is 0 Å². The van der Waals surface area contributed by atoms with Gasteiger partial charge in [-0.05, 0) is 36.4 Å². The lowest BCUT2D eigenvalue weighted by atomic mass is 10.1.